The fraction of sp³-hybridized carbons (Fsp3) is 0.200. The molecule has 34 heavy (non-hydrogen) atoms. The molecular weight excluding hydrogens is 576 g/mol. The number of rotatable bonds is 7. The van der Waals surface area contributed by atoms with E-state index in [4.69, 9.17) is 4.74 Å². The van der Waals surface area contributed by atoms with Crippen LogP contribution in [0.15, 0.2) is 50.4 Å². The Labute approximate surface area is 210 Å². The number of hydrogen-bond acceptors (Lipinski definition) is 11. The lowest BCUT2D eigenvalue weighted by atomic mass is 10.2. The molecule has 14 heteroatoms. The van der Waals surface area contributed by atoms with Crippen molar-refractivity contribution in [2.45, 2.75) is 0 Å². The van der Waals surface area contributed by atoms with E-state index in [1.807, 2.05) is 29.2 Å². The number of phenols is 1. The molecular formula is C20H18Br2N8O4. The van der Waals surface area contributed by atoms with Gasteiger partial charge in [0.15, 0.2) is 0 Å². The largest absolute Gasteiger partial charge is 0.506 e. The van der Waals surface area contributed by atoms with E-state index in [2.05, 4.69) is 62.7 Å². The predicted octanol–water partition coefficient (Wildman–Crippen LogP) is 4.04. The first-order valence-electron chi connectivity index (χ1n) is 9.96. The van der Waals surface area contributed by atoms with Crippen molar-refractivity contribution in [2.75, 3.05) is 41.9 Å². The zero-order valence-electron chi connectivity index (χ0n) is 17.5. The molecule has 0 radical (unpaired) electrons. The van der Waals surface area contributed by atoms with Crippen molar-refractivity contribution in [3.63, 3.8) is 0 Å². The molecule has 1 aliphatic rings. The van der Waals surface area contributed by atoms with E-state index in [0.29, 0.717) is 38.2 Å². The quantitative estimate of drug-likeness (QED) is 0.208. The third-order valence-electron chi connectivity index (χ3n) is 4.65. The van der Waals surface area contributed by atoms with Crippen LogP contribution in [0, 0.1) is 10.1 Å². The van der Waals surface area contributed by atoms with E-state index in [1.54, 1.807) is 0 Å². The Morgan fingerprint density at radius 3 is 2.65 bits per heavy atom. The van der Waals surface area contributed by atoms with Crippen LogP contribution in [-0.4, -0.2) is 57.5 Å². The van der Waals surface area contributed by atoms with Crippen LogP contribution in [-0.2, 0) is 4.74 Å². The van der Waals surface area contributed by atoms with Gasteiger partial charge in [-0.05, 0) is 34.1 Å². The van der Waals surface area contributed by atoms with Crippen molar-refractivity contribution in [1.82, 2.24) is 15.0 Å². The SMILES string of the molecule is O=[N+]([O-])c1cc(Br)c(O)c(/C=N\Nc2nc(Nc3cccc(Br)c3)nc(N3CCOCC3)n2)c1. The highest BCUT2D eigenvalue weighted by molar-refractivity contribution is 9.10. The van der Waals surface area contributed by atoms with Crippen LogP contribution < -0.4 is 15.6 Å². The molecule has 1 aromatic heterocycles. The number of hydrogen-bond donors (Lipinski definition) is 3. The Kier molecular flexibility index (Phi) is 7.49. The Morgan fingerprint density at radius 2 is 1.91 bits per heavy atom. The third kappa shape index (κ3) is 5.95. The molecule has 0 aliphatic carbocycles. The lowest BCUT2D eigenvalue weighted by Gasteiger charge is -2.27. The van der Waals surface area contributed by atoms with Gasteiger partial charge in [0.1, 0.15) is 5.75 Å². The first-order valence-corrected chi connectivity index (χ1v) is 11.5. The third-order valence-corrected chi connectivity index (χ3v) is 5.75. The molecule has 0 atom stereocenters. The topological polar surface area (TPSA) is 151 Å². The summed E-state index contributed by atoms with van der Waals surface area (Å²) >= 11 is 6.54. The molecule has 1 saturated heterocycles. The van der Waals surface area contributed by atoms with E-state index in [1.165, 1.54) is 18.3 Å². The zero-order chi connectivity index (χ0) is 24.1. The van der Waals surface area contributed by atoms with Crippen LogP contribution >= 0.6 is 31.9 Å². The number of aromatic nitrogens is 3. The number of anilines is 4. The average Bonchev–Trinajstić information content (AvgIpc) is 2.82. The van der Waals surface area contributed by atoms with Crippen molar-refractivity contribution in [3.05, 3.63) is 61.0 Å². The zero-order valence-corrected chi connectivity index (χ0v) is 20.7. The summed E-state index contributed by atoms with van der Waals surface area (Å²) in [7, 11) is 0. The maximum atomic E-state index is 11.1. The molecule has 0 bridgehead atoms. The van der Waals surface area contributed by atoms with Gasteiger partial charge in [-0.25, -0.2) is 5.43 Å². The number of ether oxygens (including phenoxy) is 1. The predicted molar refractivity (Wildman–Crippen MR) is 134 cm³/mol. The summed E-state index contributed by atoms with van der Waals surface area (Å²) in [6, 6.07) is 9.95. The van der Waals surface area contributed by atoms with Crippen molar-refractivity contribution in [3.8, 4) is 5.75 Å². The highest BCUT2D eigenvalue weighted by atomic mass is 79.9. The summed E-state index contributed by atoms with van der Waals surface area (Å²) in [5.74, 6) is 0.703. The van der Waals surface area contributed by atoms with Crippen LogP contribution in [0.25, 0.3) is 0 Å². The second-order valence-corrected chi connectivity index (χ2v) is 8.78. The Morgan fingerprint density at radius 1 is 1.15 bits per heavy atom. The number of halogens is 2. The van der Waals surface area contributed by atoms with Gasteiger partial charge in [0.2, 0.25) is 17.8 Å². The standard InChI is InChI=1S/C20H18Br2N8O4/c21-13-2-1-3-14(9-13)24-18-25-19(27-20(26-18)29-4-6-34-7-5-29)28-23-11-12-8-15(30(32)33)10-16(22)17(12)31/h1-3,8-11,31H,4-7H2,(H2,24,25,26,27,28)/b23-11-. The fourth-order valence-electron chi connectivity index (χ4n) is 3.04. The molecule has 0 amide bonds. The van der Waals surface area contributed by atoms with E-state index in [-0.39, 0.29) is 27.4 Å². The van der Waals surface area contributed by atoms with Crippen LogP contribution in [0.4, 0.5) is 29.2 Å². The van der Waals surface area contributed by atoms with E-state index < -0.39 is 4.92 Å². The minimum absolute atomic E-state index is 0.142. The van der Waals surface area contributed by atoms with Gasteiger partial charge >= 0.3 is 0 Å². The molecule has 0 unspecified atom stereocenters. The second-order valence-electron chi connectivity index (χ2n) is 7.01. The molecule has 0 spiro atoms. The van der Waals surface area contributed by atoms with Gasteiger partial charge in [-0.3, -0.25) is 10.1 Å². The Hall–Kier alpha value is -3.36. The first kappa shape index (κ1) is 23.8. The number of nitro benzene ring substituents is 1. The molecule has 3 aromatic rings. The molecule has 2 aromatic carbocycles. The molecule has 1 aliphatic heterocycles. The highest BCUT2D eigenvalue weighted by Gasteiger charge is 2.17. The second kappa shape index (κ2) is 10.7. The molecule has 0 saturated carbocycles. The van der Waals surface area contributed by atoms with Crippen molar-refractivity contribution in [2.24, 2.45) is 5.10 Å². The smallest absolute Gasteiger partial charge is 0.271 e. The van der Waals surface area contributed by atoms with E-state index in [9.17, 15) is 15.2 Å². The van der Waals surface area contributed by atoms with Gasteiger partial charge in [0.05, 0.1) is 28.8 Å². The van der Waals surface area contributed by atoms with E-state index in [0.717, 1.165) is 10.2 Å². The van der Waals surface area contributed by atoms with Gasteiger partial charge in [-0.1, -0.05) is 22.0 Å². The maximum absolute atomic E-state index is 11.1. The number of morpholine rings is 1. The van der Waals surface area contributed by atoms with Gasteiger partial charge in [0.25, 0.3) is 5.69 Å². The number of nitro groups is 1. The molecule has 1 fully saturated rings. The molecule has 3 N–H and O–H groups in total. The van der Waals surface area contributed by atoms with Crippen LogP contribution in [0.3, 0.4) is 0 Å². The monoisotopic (exact) mass is 592 g/mol. The molecule has 12 nitrogen and oxygen atoms in total. The number of benzene rings is 2. The Balaban J connectivity index is 1.61. The minimum atomic E-state index is -0.560. The normalized spacial score (nSPS) is 13.8. The summed E-state index contributed by atoms with van der Waals surface area (Å²) in [5.41, 5.74) is 3.43. The number of nitrogens with one attached hydrogen (secondary N) is 2. The first-order chi connectivity index (χ1) is 16.4. The van der Waals surface area contributed by atoms with Crippen LogP contribution in [0.2, 0.25) is 0 Å². The fourth-order valence-corrected chi connectivity index (χ4v) is 3.90. The molecule has 176 valence electrons. The number of nitrogens with zero attached hydrogens (tertiary/aromatic N) is 6. The summed E-state index contributed by atoms with van der Waals surface area (Å²) in [6.07, 6.45) is 1.24. The van der Waals surface area contributed by atoms with Gasteiger partial charge in [0, 0.05) is 40.9 Å². The van der Waals surface area contributed by atoms with Crippen molar-refractivity contribution < 1.29 is 14.8 Å². The van der Waals surface area contributed by atoms with Crippen molar-refractivity contribution >= 4 is 67.3 Å². The van der Waals surface area contributed by atoms with Crippen LogP contribution in [0.5, 0.6) is 5.75 Å². The summed E-state index contributed by atoms with van der Waals surface area (Å²) < 4.78 is 6.48. The number of phenolic OH excluding ortho intramolecular Hbond substituents is 1. The molecule has 4 rings (SSSR count). The Bertz CT molecular complexity index is 1240. The summed E-state index contributed by atoms with van der Waals surface area (Å²) in [4.78, 5) is 25.8. The summed E-state index contributed by atoms with van der Waals surface area (Å²) in [5, 5.41) is 28.5. The van der Waals surface area contributed by atoms with Gasteiger partial charge in [-0.2, -0.15) is 20.1 Å². The van der Waals surface area contributed by atoms with Gasteiger partial charge < -0.3 is 20.1 Å². The highest BCUT2D eigenvalue weighted by Crippen LogP contribution is 2.31. The van der Waals surface area contributed by atoms with Gasteiger partial charge in [-0.15, -0.1) is 0 Å². The lowest BCUT2D eigenvalue weighted by Crippen LogP contribution is -2.37. The maximum Gasteiger partial charge on any atom is 0.271 e. The van der Waals surface area contributed by atoms with E-state index >= 15 is 0 Å². The number of aromatic hydroxyl groups is 1. The van der Waals surface area contributed by atoms with Crippen molar-refractivity contribution in [1.29, 1.82) is 0 Å². The molecule has 2 heterocycles. The number of hydrazone groups is 1. The number of non-ortho nitro benzene ring substituents is 1. The lowest BCUT2D eigenvalue weighted by molar-refractivity contribution is -0.385. The van der Waals surface area contributed by atoms with Crippen LogP contribution in [0.1, 0.15) is 5.56 Å². The summed E-state index contributed by atoms with van der Waals surface area (Å²) in [6.45, 7) is 2.36. The minimum Gasteiger partial charge on any atom is -0.506 e. The average molecular weight is 594 g/mol.